The Bertz CT molecular complexity index is 1110. The van der Waals surface area contributed by atoms with Crippen molar-refractivity contribution in [3.63, 3.8) is 0 Å². The standard InChI is InChI=1S/C12H20ClN4O13P3/c13-3-12(4-27-32(23,24)30-33(25,26)29-31(20,21)22)10(19)8(18)9(28-12)6-1-2-7-11(14)15-5-16-17(6)7/h1-2,5,8-10,18-19,23-24,32H,3-4H2,(H,25,26)(H2,14,15,16)(H2,20,21,22)/t8-,9-,10-,12+/m0/s1. The number of nitrogens with two attached hydrogens (primary N) is 1. The second-order valence-corrected chi connectivity index (χ2v) is 11.8. The quantitative estimate of drug-likeness (QED) is 0.132. The first-order valence-electron chi connectivity index (χ1n) is 8.67. The van der Waals surface area contributed by atoms with E-state index in [0.717, 1.165) is 6.33 Å². The van der Waals surface area contributed by atoms with E-state index in [9.17, 15) is 34.0 Å². The van der Waals surface area contributed by atoms with E-state index in [1.165, 1.54) is 16.6 Å². The number of hydrogen-bond acceptors (Lipinski definition) is 13. The van der Waals surface area contributed by atoms with Gasteiger partial charge in [0, 0.05) is 0 Å². The zero-order chi connectivity index (χ0) is 24.8. The van der Waals surface area contributed by atoms with Crippen LogP contribution >= 0.6 is 35.4 Å². The third-order valence-electron chi connectivity index (χ3n) is 4.51. The molecule has 0 spiro atoms. The van der Waals surface area contributed by atoms with E-state index in [0.29, 0.717) is 5.52 Å². The number of anilines is 1. The topological polar surface area (TPSA) is 269 Å². The Kier molecular flexibility index (Phi) is 7.55. The van der Waals surface area contributed by atoms with Crippen molar-refractivity contribution in [2.24, 2.45) is 0 Å². The van der Waals surface area contributed by atoms with Crippen molar-refractivity contribution in [2.75, 3.05) is 18.2 Å². The van der Waals surface area contributed by atoms with Gasteiger partial charge in [-0.05, 0) is 0 Å². The van der Waals surface area contributed by atoms with Crippen LogP contribution in [0.25, 0.3) is 5.52 Å². The van der Waals surface area contributed by atoms with E-state index < -0.39 is 60.2 Å². The number of rotatable bonds is 9. The Morgan fingerprint density at radius 1 is 1.27 bits per heavy atom. The molecule has 188 valence electrons. The summed E-state index contributed by atoms with van der Waals surface area (Å²) >= 11 is 5.89. The second kappa shape index (κ2) is 9.32. The number of aromatic nitrogens is 3. The molecule has 1 aliphatic rings. The van der Waals surface area contributed by atoms with E-state index in [-0.39, 0.29) is 11.5 Å². The molecule has 5 atom stereocenters. The molecule has 21 heteroatoms. The molecular formula is C12H20ClN4O13P3. The fourth-order valence-electron chi connectivity index (χ4n) is 3.11. The molecule has 0 saturated carbocycles. The zero-order valence-corrected chi connectivity index (χ0v) is 19.7. The van der Waals surface area contributed by atoms with Gasteiger partial charge in [-0.15, -0.1) is 0 Å². The molecule has 1 fully saturated rings. The van der Waals surface area contributed by atoms with Crippen molar-refractivity contribution in [2.45, 2.75) is 23.9 Å². The molecule has 2 aromatic rings. The number of ether oxygens (including phenoxy) is 1. The first kappa shape index (κ1) is 26.8. The number of nitrogens with zero attached hydrogens (tertiary/aromatic N) is 3. The van der Waals surface area contributed by atoms with Gasteiger partial charge in [0.05, 0.1) is 0 Å². The van der Waals surface area contributed by atoms with Gasteiger partial charge in [-0.25, -0.2) is 0 Å². The van der Waals surface area contributed by atoms with Crippen LogP contribution in [0, 0.1) is 0 Å². The first-order chi connectivity index (χ1) is 15.1. The van der Waals surface area contributed by atoms with Crippen molar-refractivity contribution >= 4 is 46.8 Å². The summed E-state index contributed by atoms with van der Waals surface area (Å²) in [4.78, 5) is 49.8. The summed E-state index contributed by atoms with van der Waals surface area (Å²) in [7, 11) is -16.8. The van der Waals surface area contributed by atoms with Crippen molar-refractivity contribution in [1.82, 2.24) is 14.6 Å². The zero-order valence-electron chi connectivity index (χ0n) is 16.1. The van der Waals surface area contributed by atoms with Gasteiger partial charge in [-0.2, -0.15) is 0 Å². The van der Waals surface area contributed by atoms with Gasteiger partial charge in [-0.1, -0.05) is 0 Å². The average molecular weight is 557 g/mol. The van der Waals surface area contributed by atoms with E-state index in [2.05, 4.69) is 23.2 Å². The molecule has 33 heavy (non-hydrogen) atoms. The summed E-state index contributed by atoms with van der Waals surface area (Å²) in [5.74, 6) is -0.460. The predicted octanol–water partition coefficient (Wildman–Crippen LogP) is -1.28. The normalized spacial score (nSPS) is 28.8. The fraction of sp³-hybridized carbons (Fsp3) is 0.500. The molecular weight excluding hydrogens is 537 g/mol. The van der Waals surface area contributed by atoms with Gasteiger partial charge >= 0.3 is 189 Å². The number of aliphatic hydroxyl groups is 2. The molecule has 9 N–H and O–H groups in total. The molecule has 0 amide bonds. The Morgan fingerprint density at radius 2 is 1.94 bits per heavy atom. The Balaban J connectivity index is 1.79. The van der Waals surface area contributed by atoms with Crippen LogP contribution in [0.1, 0.15) is 11.8 Å². The van der Waals surface area contributed by atoms with Gasteiger partial charge in [0.1, 0.15) is 0 Å². The number of alkyl halides is 1. The molecule has 17 nitrogen and oxygen atoms in total. The predicted molar refractivity (Wildman–Crippen MR) is 109 cm³/mol. The van der Waals surface area contributed by atoms with Crippen LogP contribution in [-0.4, -0.2) is 79.6 Å². The van der Waals surface area contributed by atoms with Crippen LogP contribution in [0.4, 0.5) is 5.82 Å². The van der Waals surface area contributed by atoms with Crippen LogP contribution in [0.3, 0.4) is 0 Å². The van der Waals surface area contributed by atoms with Crippen LogP contribution in [0.15, 0.2) is 18.5 Å². The summed E-state index contributed by atoms with van der Waals surface area (Å²) in [6.07, 6.45) is -3.53. The molecule has 0 aliphatic carbocycles. The number of hydrogen-bond donors (Lipinski definition) is 8. The van der Waals surface area contributed by atoms with Crippen molar-refractivity contribution in [3.8, 4) is 0 Å². The fourth-order valence-corrected chi connectivity index (χ4v) is 6.76. The summed E-state index contributed by atoms with van der Waals surface area (Å²) in [6.45, 7) is -0.999. The van der Waals surface area contributed by atoms with Crippen molar-refractivity contribution < 1.29 is 61.7 Å². The number of aliphatic hydroxyl groups excluding tert-OH is 2. The van der Waals surface area contributed by atoms with Crippen LogP contribution in [-0.2, 0) is 27.0 Å². The summed E-state index contributed by atoms with van der Waals surface area (Å²) in [5, 5.41) is 25.1. The molecule has 3 rings (SSSR count). The van der Waals surface area contributed by atoms with Crippen LogP contribution in [0.2, 0.25) is 0 Å². The van der Waals surface area contributed by atoms with E-state index in [4.69, 9.17) is 31.9 Å². The molecule has 0 bridgehead atoms. The number of nitrogen functional groups attached to an aromatic ring is 1. The van der Waals surface area contributed by atoms with Gasteiger partial charge in [0.25, 0.3) is 0 Å². The monoisotopic (exact) mass is 556 g/mol. The van der Waals surface area contributed by atoms with Gasteiger partial charge in [-0.3, -0.25) is 0 Å². The van der Waals surface area contributed by atoms with Crippen molar-refractivity contribution in [3.05, 3.63) is 24.2 Å². The first-order valence-corrected chi connectivity index (χ1v) is 13.9. The van der Waals surface area contributed by atoms with E-state index >= 15 is 0 Å². The number of fused-ring (bicyclic) bond motifs is 1. The SMILES string of the molecule is Nc1ncnn2c([C@@H]3O[C@](CCl)(CO[PH](O)(O)OP(=O)(O)OP(=O)(O)O)[C@@H](O)[C@H]3O)ccc12. The molecule has 0 aromatic carbocycles. The van der Waals surface area contributed by atoms with Gasteiger partial charge in [0.15, 0.2) is 0 Å². The number of phosphoric acid groups is 2. The van der Waals surface area contributed by atoms with Crippen LogP contribution in [0.5, 0.6) is 0 Å². The summed E-state index contributed by atoms with van der Waals surface area (Å²) < 4.78 is 41.3. The molecule has 2 aromatic heterocycles. The van der Waals surface area contributed by atoms with Crippen LogP contribution < -0.4 is 5.73 Å². The minimum atomic E-state index is -5.68. The maximum atomic E-state index is 11.5. The molecule has 1 unspecified atom stereocenters. The molecule has 1 aliphatic heterocycles. The summed E-state index contributed by atoms with van der Waals surface area (Å²) in [5.41, 5.74) is 4.36. The third-order valence-corrected chi connectivity index (χ3v) is 9.03. The summed E-state index contributed by atoms with van der Waals surface area (Å²) in [6, 6.07) is 3.01. The minimum absolute atomic E-state index is 0.121. The molecule has 0 radical (unpaired) electrons. The van der Waals surface area contributed by atoms with E-state index in [1.807, 2.05) is 0 Å². The van der Waals surface area contributed by atoms with Gasteiger partial charge in [0.2, 0.25) is 0 Å². The van der Waals surface area contributed by atoms with Gasteiger partial charge < -0.3 is 0 Å². The molecule has 3 heterocycles. The Morgan fingerprint density at radius 3 is 2.55 bits per heavy atom. The average Bonchev–Trinajstić information content (AvgIpc) is 3.19. The molecule has 1 saturated heterocycles. The second-order valence-electron chi connectivity index (χ2n) is 6.84. The third kappa shape index (κ3) is 5.87. The maximum absolute atomic E-state index is 11.5. The number of halogens is 1. The Hall–Kier alpha value is -0.840. The Labute approximate surface area is 189 Å². The van der Waals surface area contributed by atoms with E-state index in [1.54, 1.807) is 0 Å². The van der Waals surface area contributed by atoms with Crippen molar-refractivity contribution in [1.29, 1.82) is 0 Å².